The number of thiophene rings is 1. The molecule has 5 nitrogen and oxygen atoms in total. The number of rotatable bonds is 8. The molecule has 0 aromatic carbocycles. The van der Waals surface area contributed by atoms with Crippen LogP contribution in [0.1, 0.15) is 11.3 Å². The van der Waals surface area contributed by atoms with Crippen molar-refractivity contribution in [2.45, 2.75) is 17.2 Å². The Labute approximate surface area is 120 Å². The van der Waals surface area contributed by atoms with Gasteiger partial charge in [-0.05, 0) is 46.2 Å². The van der Waals surface area contributed by atoms with Crippen LogP contribution < -0.4 is 5.32 Å². The molecule has 1 aromatic heterocycles. The summed E-state index contributed by atoms with van der Waals surface area (Å²) in [6.45, 7) is 2.12. The maximum atomic E-state index is 12.3. The lowest BCUT2D eigenvalue weighted by Gasteiger charge is -2.17. The van der Waals surface area contributed by atoms with Crippen molar-refractivity contribution >= 4 is 21.4 Å². The second-order valence-corrected chi connectivity index (χ2v) is 8.17. The number of nitrogens with zero attached hydrogens (tertiary/aromatic N) is 2. The Kier molecular flexibility index (Phi) is 6.41. The van der Waals surface area contributed by atoms with Gasteiger partial charge in [-0.25, -0.2) is 12.7 Å². The second kappa shape index (κ2) is 7.35. The van der Waals surface area contributed by atoms with E-state index in [9.17, 15) is 8.42 Å². The van der Waals surface area contributed by atoms with E-state index in [4.69, 9.17) is 0 Å². The van der Waals surface area contributed by atoms with Crippen molar-refractivity contribution in [2.75, 3.05) is 41.3 Å². The van der Waals surface area contributed by atoms with E-state index in [0.29, 0.717) is 17.3 Å². The Morgan fingerprint density at radius 3 is 2.47 bits per heavy atom. The van der Waals surface area contributed by atoms with E-state index in [1.165, 1.54) is 15.6 Å². The van der Waals surface area contributed by atoms with Gasteiger partial charge in [0.05, 0.1) is 0 Å². The third-order valence-electron chi connectivity index (χ3n) is 2.73. The average Bonchev–Trinajstić information content (AvgIpc) is 2.78. The maximum absolute atomic E-state index is 12.3. The lowest BCUT2D eigenvalue weighted by atomic mass is 10.4. The van der Waals surface area contributed by atoms with Crippen LogP contribution in [0.15, 0.2) is 16.3 Å². The number of hydrogen-bond donors (Lipinski definition) is 1. The molecule has 1 aromatic rings. The van der Waals surface area contributed by atoms with Crippen LogP contribution >= 0.6 is 11.3 Å². The summed E-state index contributed by atoms with van der Waals surface area (Å²) in [7, 11) is 4.13. The predicted molar refractivity (Wildman–Crippen MR) is 80.1 cm³/mol. The Bertz CT molecular complexity index is 483. The standard InChI is InChI=1S/C12H23N3O2S2/c1-13-10-11-6-7-12(18-11)19(16,17)15(4)9-5-8-14(2)3/h6-7,13H,5,8-10H2,1-4H3. The molecule has 7 heteroatoms. The first-order valence-corrected chi connectivity index (χ1v) is 8.48. The Morgan fingerprint density at radius 2 is 1.89 bits per heavy atom. The fourth-order valence-electron chi connectivity index (χ4n) is 1.65. The summed E-state index contributed by atoms with van der Waals surface area (Å²) in [6, 6.07) is 3.55. The summed E-state index contributed by atoms with van der Waals surface area (Å²) < 4.78 is 26.5. The lowest BCUT2D eigenvalue weighted by Crippen LogP contribution is -2.29. The molecular weight excluding hydrogens is 282 g/mol. The first kappa shape index (κ1) is 16.6. The van der Waals surface area contributed by atoms with E-state index in [1.54, 1.807) is 13.1 Å². The zero-order valence-electron chi connectivity index (χ0n) is 12.0. The van der Waals surface area contributed by atoms with Gasteiger partial charge in [0.15, 0.2) is 0 Å². The number of hydrogen-bond acceptors (Lipinski definition) is 5. The van der Waals surface area contributed by atoms with Crippen molar-refractivity contribution in [1.82, 2.24) is 14.5 Å². The summed E-state index contributed by atoms with van der Waals surface area (Å²) in [4.78, 5) is 3.08. The molecule has 0 aliphatic rings. The molecule has 1 heterocycles. The van der Waals surface area contributed by atoms with Crippen LogP contribution in [0.4, 0.5) is 0 Å². The molecule has 0 bridgehead atoms. The normalized spacial score (nSPS) is 12.5. The third-order valence-corrected chi connectivity index (χ3v) is 6.14. The molecule has 0 atom stereocenters. The monoisotopic (exact) mass is 305 g/mol. The van der Waals surface area contributed by atoms with Crippen molar-refractivity contribution in [2.24, 2.45) is 0 Å². The highest BCUT2D eigenvalue weighted by Crippen LogP contribution is 2.24. The maximum Gasteiger partial charge on any atom is 0.252 e. The smallest absolute Gasteiger partial charge is 0.252 e. The predicted octanol–water partition coefficient (Wildman–Crippen LogP) is 1.04. The summed E-state index contributed by atoms with van der Waals surface area (Å²) >= 11 is 1.33. The van der Waals surface area contributed by atoms with Crippen molar-refractivity contribution in [3.8, 4) is 0 Å². The van der Waals surface area contributed by atoms with Crippen LogP contribution in [0.25, 0.3) is 0 Å². The van der Waals surface area contributed by atoms with Crippen LogP contribution in [0, 0.1) is 0 Å². The van der Waals surface area contributed by atoms with Gasteiger partial charge in [-0.15, -0.1) is 11.3 Å². The molecule has 0 unspecified atom stereocenters. The van der Waals surface area contributed by atoms with Crippen molar-refractivity contribution in [3.05, 3.63) is 17.0 Å². The van der Waals surface area contributed by atoms with E-state index in [2.05, 4.69) is 10.2 Å². The summed E-state index contributed by atoms with van der Waals surface area (Å²) in [5.41, 5.74) is 0. The van der Waals surface area contributed by atoms with E-state index < -0.39 is 10.0 Å². The van der Waals surface area contributed by atoms with Gasteiger partial charge in [0, 0.05) is 25.0 Å². The fourth-order valence-corrected chi connectivity index (χ4v) is 4.44. The first-order chi connectivity index (χ1) is 8.87. The minimum atomic E-state index is -3.33. The average molecular weight is 305 g/mol. The Balaban J connectivity index is 2.67. The summed E-state index contributed by atoms with van der Waals surface area (Å²) in [5.74, 6) is 0. The molecule has 0 saturated heterocycles. The molecule has 0 spiro atoms. The van der Waals surface area contributed by atoms with Gasteiger partial charge in [-0.3, -0.25) is 0 Å². The van der Waals surface area contributed by atoms with E-state index in [1.807, 2.05) is 27.2 Å². The highest BCUT2D eigenvalue weighted by atomic mass is 32.2. The molecule has 0 fully saturated rings. The largest absolute Gasteiger partial charge is 0.315 e. The molecule has 110 valence electrons. The molecular formula is C12H23N3O2S2. The Morgan fingerprint density at radius 1 is 1.21 bits per heavy atom. The SMILES string of the molecule is CNCc1ccc(S(=O)(=O)N(C)CCCN(C)C)s1. The number of nitrogens with one attached hydrogen (secondary N) is 1. The van der Waals surface area contributed by atoms with E-state index >= 15 is 0 Å². The van der Waals surface area contributed by atoms with E-state index in [-0.39, 0.29) is 0 Å². The van der Waals surface area contributed by atoms with Gasteiger partial charge in [0.25, 0.3) is 10.0 Å². The molecule has 19 heavy (non-hydrogen) atoms. The van der Waals surface area contributed by atoms with Crippen LogP contribution in [-0.2, 0) is 16.6 Å². The molecule has 0 radical (unpaired) electrons. The summed E-state index contributed by atoms with van der Waals surface area (Å²) in [6.07, 6.45) is 0.831. The van der Waals surface area contributed by atoms with Gasteiger partial charge >= 0.3 is 0 Å². The van der Waals surface area contributed by atoms with Crippen LogP contribution in [0.5, 0.6) is 0 Å². The number of sulfonamides is 1. The molecule has 0 amide bonds. The molecule has 0 aliphatic heterocycles. The minimum absolute atomic E-state index is 0.421. The van der Waals surface area contributed by atoms with Gasteiger partial charge in [0.2, 0.25) is 0 Å². The van der Waals surface area contributed by atoms with Gasteiger partial charge < -0.3 is 10.2 Å². The zero-order valence-corrected chi connectivity index (χ0v) is 13.6. The zero-order chi connectivity index (χ0) is 14.5. The third kappa shape index (κ3) is 4.85. The van der Waals surface area contributed by atoms with Crippen LogP contribution in [0.3, 0.4) is 0 Å². The van der Waals surface area contributed by atoms with E-state index in [0.717, 1.165) is 17.8 Å². The summed E-state index contributed by atoms with van der Waals surface area (Å²) in [5, 5.41) is 3.02. The van der Waals surface area contributed by atoms with Crippen molar-refractivity contribution < 1.29 is 8.42 Å². The van der Waals surface area contributed by atoms with Crippen LogP contribution in [-0.4, -0.2) is 58.9 Å². The van der Waals surface area contributed by atoms with Gasteiger partial charge in [0.1, 0.15) is 4.21 Å². The lowest BCUT2D eigenvalue weighted by molar-refractivity contribution is 0.370. The Hall–Kier alpha value is -0.470. The van der Waals surface area contributed by atoms with Crippen molar-refractivity contribution in [1.29, 1.82) is 0 Å². The van der Waals surface area contributed by atoms with Crippen LogP contribution in [0.2, 0.25) is 0 Å². The first-order valence-electron chi connectivity index (χ1n) is 6.22. The topological polar surface area (TPSA) is 52.7 Å². The second-order valence-electron chi connectivity index (χ2n) is 4.73. The highest BCUT2D eigenvalue weighted by Gasteiger charge is 2.22. The van der Waals surface area contributed by atoms with Crippen molar-refractivity contribution in [3.63, 3.8) is 0 Å². The molecule has 0 aliphatic carbocycles. The fraction of sp³-hybridized carbons (Fsp3) is 0.667. The quantitative estimate of drug-likeness (QED) is 0.780. The minimum Gasteiger partial charge on any atom is -0.315 e. The highest BCUT2D eigenvalue weighted by molar-refractivity contribution is 7.91. The molecule has 1 N–H and O–H groups in total. The van der Waals surface area contributed by atoms with Gasteiger partial charge in [-0.1, -0.05) is 0 Å². The van der Waals surface area contributed by atoms with Gasteiger partial charge in [-0.2, -0.15) is 0 Å². The molecule has 1 rings (SSSR count). The molecule has 0 saturated carbocycles.